The Morgan fingerprint density at radius 2 is 1.17 bits per heavy atom. The predicted molar refractivity (Wildman–Crippen MR) is 130 cm³/mol. The molecule has 0 N–H and O–H groups in total. The molecule has 2 aromatic rings. The van der Waals surface area contributed by atoms with Crippen molar-refractivity contribution in [2.75, 3.05) is 14.2 Å². The Balaban J connectivity index is 1.98. The van der Waals surface area contributed by atoms with Gasteiger partial charge in [0.2, 0.25) is 0 Å². The number of fused-ring (bicyclic) bond motifs is 8. The van der Waals surface area contributed by atoms with Crippen molar-refractivity contribution >= 4 is 50.3 Å². The maximum absolute atomic E-state index is 6.63. The molecule has 1 aliphatic heterocycles. The van der Waals surface area contributed by atoms with E-state index in [4.69, 9.17) is 5.63 Å². The first-order chi connectivity index (χ1) is 14.2. The predicted octanol–water partition coefficient (Wildman–Crippen LogP) is 7.65. The molecule has 5 rings (SSSR count). The van der Waals surface area contributed by atoms with Crippen molar-refractivity contribution in [3.8, 4) is 0 Å². The van der Waals surface area contributed by atoms with Crippen molar-refractivity contribution in [3.05, 3.63) is 78.7 Å². The molecule has 2 aliphatic carbocycles. The van der Waals surface area contributed by atoms with Gasteiger partial charge in [0.1, 0.15) is 0 Å². The van der Waals surface area contributed by atoms with Crippen molar-refractivity contribution in [2.24, 2.45) is 0 Å². The summed E-state index contributed by atoms with van der Waals surface area (Å²) in [6.45, 7) is 9.77. The third-order valence-electron chi connectivity index (χ3n) is 7.56. The van der Waals surface area contributed by atoms with Gasteiger partial charge < -0.3 is 0 Å². The van der Waals surface area contributed by atoms with Crippen LogP contribution in [0.5, 0.6) is 0 Å². The fourth-order valence-corrected chi connectivity index (χ4v) is 23.8. The fraction of sp³-hybridized carbons (Fsp3) is 0.333. The summed E-state index contributed by atoms with van der Waals surface area (Å²) in [5.74, 6) is 0. The molecule has 30 heavy (non-hydrogen) atoms. The standard InChI is InChI=1S/C22H20Br2Si.2CH3O.Zr/c1-13-11-15-7-5-9-17(23)19(15)21(13)25(3,4)22-14(2)12-16-8-6-10-18(24)20(16)22;2*1-2;/h5-12H,1-4H3;2*1H3;/q;2*-1;+2. The van der Waals surface area contributed by atoms with E-state index in [1.165, 1.54) is 42.3 Å². The van der Waals surface area contributed by atoms with Crippen LogP contribution in [-0.4, -0.2) is 22.3 Å². The van der Waals surface area contributed by atoms with E-state index in [0.717, 1.165) is 0 Å². The topological polar surface area (TPSA) is 18.5 Å². The second-order valence-corrected chi connectivity index (χ2v) is 23.5. The summed E-state index contributed by atoms with van der Waals surface area (Å²) in [6.07, 6.45) is 0. The van der Waals surface area contributed by atoms with Crippen LogP contribution in [0.2, 0.25) is 13.1 Å². The third kappa shape index (κ3) is 2.50. The van der Waals surface area contributed by atoms with Crippen molar-refractivity contribution in [2.45, 2.75) is 34.2 Å². The van der Waals surface area contributed by atoms with E-state index in [1.807, 2.05) is 14.2 Å². The second-order valence-electron chi connectivity index (χ2n) is 9.14. The first kappa shape index (κ1) is 21.7. The average molecular weight is 626 g/mol. The number of halogens is 2. The molecule has 0 radical (unpaired) electrons. The summed E-state index contributed by atoms with van der Waals surface area (Å²) < 4.78 is 16.2. The van der Waals surface area contributed by atoms with Crippen LogP contribution in [0.1, 0.15) is 43.4 Å². The van der Waals surface area contributed by atoms with Crippen LogP contribution < -0.4 is 0 Å². The summed E-state index contributed by atoms with van der Waals surface area (Å²) >= 11 is 4.06. The molecule has 0 saturated carbocycles. The average Bonchev–Trinajstić information content (AvgIpc) is 3.19. The molecule has 0 aromatic heterocycles. The maximum atomic E-state index is 6.63. The Labute approximate surface area is 202 Å². The van der Waals surface area contributed by atoms with Crippen molar-refractivity contribution < 1.29 is 26.8 Å². The van der Waals surface area contributed by atoms with E-state index < -0.39 is 29.2 Å². The van der Waals surface area contributed by atoms with E-state index in [1.54, 1.807) is 10.4 Å². The zero-order chi connectivity index (χ0) is 21.6. The molecule has 1 heterocycles. The molecule has 2 nitrogen and oxygen atoms in total. The number of rotatable bonds is 2. The first-order valence-electron chi connectivity index (χ1n) is 10.3. The van der Waals surface area contributed by atoms with Gasteiger partial charge in [-0.25, -0.2) is 0 Å². The van der Waals surface area contributed by atoms with Gasteiger partial charge in [-0.15, -0.1) is 0 Å². The Kier molecular flexibility index (Phi) is 5.21. The molecular weight excluding hydrogens is 599 g/mol. The number of hydrogen-bond donors (Lipinski definition) is 0. The van der Waals surface area contributed by atoms with Gasteiger partial charge in [-0.3, -0.25) is 0 Å². The van der Waals surface area contributed by atoms with Crippen LogP contribution in [-0.2, 0) is 26.8 Å². The zero-order valence-electron chi connectivity index (χ0n) is 18.2. The Hall–Kier alpha value is -0.100. The van der Waals surface area contributed by atoms with Gasteiger partial charge in [-0.05, 0) is 0 Å². The molecule has 2 unspecified atom stereocenters. The van der Waals surface area contributed by atoms with E-state index >= 15 is 0 Å². The van der Waals surface area contributed by atoms with Gasteiger partial charge in [-0.1, -0.05) is 0 Å². The molecule has 0 fully saturated rings. The van der Waals surface area contributed by atoms with Gasteiger partial charge in [0.15, 0.2) is 0 Å². The number of benzene rings is 2. The van der Waals surface area contributed by atoms with E-state index in [-0.39, 0.29) is 7.25 Å². The monoisotopic (exact) mass is 622 g/mol. The van der Waals surface area contributed by atoms with E-state index in [2.05, 4.69) is 95.2 Å². The van der Waals surface area contributed by atoms with Gasteiger partial charge in [0.25, 0.3) is 0 Å². The van der Waals surface area contributed by atoms with Crippen LogP contribution in [0.4, 0.5) is 0 Å². The Bertz CT molecular complexity index is 1080. The van der Waals surface area contributed by atoms with Gasteiger partial charge in [0.05, 0.1) is 0 Å². The molecule has 2 atom stereocenters. The fourth-order valence-electron chi connectivity index (χ4n) is 6.73. The summed E-state index contributed by atoms with van der Waals surface area (Å²) in [5.41, 5.74) is 8.63. The minimum absolute atomic E-state index is 0.259. The molecule has 156 valence electrons. The third-order valence-corrected chi connectivity index (χ3v) is 23.4. The minimum atomic E-state index is -3.77. The first-order valence-corrected chi connectivity index (χ1v) is 19.8. The van der Waals surface area contributed by atoms with Crippen molar-refractivity contribution in [1.82, 2.24) is 0 Å². The molecule has 3 aliphatic rings. The normalized spacial score (nSPS) is 25.2. The number of allylic oxidation sites excluding steroid dienone is 2. The van der Waals surface area contributed by atoms with Crippen LogP contribution in [0, 0.1) is 0 Å². The SMILES string of the molecule is C[O][Zr]1([O]C)[CH]2C(C)=C(c3c(Br)cccc32)[Si](C)(C)C2=C(C)[CH]1c1cccc(Br)c12. The zero-order valence-corrected chi connectivity index (χ0v) is 24.8. The Morgan fingerprint density at radius 3 is 1.53 bits per heavy atom. The molecule has 0 spiro atoms. The van der Waals surface area contributed by atoms with Crippen molar-refractivity contribution in [3.63, 3.8) is 0 Å². The molecular formula is C24H26Br2O2SiZr. The van der Waals surface area contributed by atoms with Gasteiger partial charge in [-0.2, -0.15) is 0 Å². The van der Waals surface area contributed by atoms with E-state index in [9.17, 15) is 0 Å². The summed E-state index contributed by atoms with van der Waals surface area (Å²) in [7, 11) is 1.79. The van der Waals surface area contributed by atoms with Gasteiger partial charge >= 0.3 is 204 Å². The van der Waals surface area contributed by atoms with E-state index in [0.29, 0.717) is 0 Å². The molecule has 0 amide bonds. The summed E-state index contributed by atoms with van der Waals surface area (Å²) in [6, 6.07) is 13.4. The molecule has 6 heteroatoms. The summed E-state index contributed by atoms with van der Waals surface area (Å²) in [4.78, 5) is 0. The van der Waals surface area contributed by atoms with Crippen LogP contribution in [0.15, 0.2) is 56.5 Å². The molecule has 4 bridgehead atoms. The number of hydrogen-bond acceptors (Lipinski definition) is 2. The second kappa shape index (κ2) is 7.20. The molecule has 2 aromatic carbocycles. The quantitative estimate of drug-likeness (QED) is 0.320. The van der Waals surface area contributed by atoms with Crippen LogP contribution in [0.3, 0.4) is 0 Å². The van der Waals surface area contributed by atoms with Gasteiger partial charge in [0, 0.05) is 0 Å². The summed E-state index contributed by atoms with van der Waals surface area (Å²) in [5, 5.41) is 3.14. The van der Waals surface area contributed by atoms with Crippen LogP contribution in [0.25, 0.3) is 10.4 Å². The Morgan fingerprint density at radius 1 is 0.767 bits per heavy atom. The van der Waals surface area contributed by atoms with Crippen LogP contribution >= 0.6 is 31.9 Å². The molecule has 0 saturated heterocycles. The van der Waals surface area contributed by atoms with Crippen molar-refractivity contribution in [1.29, 1.82) is 0 Å².